The van der Waals surface area contributed by atoms with Gasteiger partial charge in [-0.3, -0.25) is 9.78 Å². The Labute approximate surface area is 181 Å². The Morgan fingerprint density at radius 3 is 2.58 bits per heavy atom. The minimum atomic E-state index is -0.150. The summed E-state index contributed by atoms with van der Waals surface area (Å²) in [4.78, 5) is 21.1. The van der Waals surface area contributed by atoms with Gasteiger partial charge in [-0.25, -0.2) is 4.98 Å². The number of rotatable bonds is 8. The summed E-state index contributed by atoms with van der Waals surface area (Å²) in [6, 6.07) is 19.5. The highest BCUT2D eigenvalue weighted by molar-refractivity contribution is 5.93. The first-order valence-corrected chi connectivity index (χ1v) is 10.5. The number of imidazole rings is 1. The summed E-state index contributed by atoms with van der Waals surface area (Å²) in [5.41, 5.74) is 3.70. The molecule has 0 aliphatic rings. The summed E-state index contributed by atoms with van der Waals surface area (Å²) < 4.78 is 8.24. The van der Waals surface area contributed by atoms with E-state index in [1.165, 1.54) is 5.56 Å². The Kier molecular flexibility index (Phi) is 6.26. The first-order chi connectivity index (χ1) is 15.1. The molecule has 0 radical (unpaired) electrons. The number of ether oxygens (including phenoxy) is 1. The van der Waals surface area contributed by atoms with E-state index in [2.05, 4.69) is 34.8 Å². The molecule has 0 aliphatic carbocycles. The van der Waals surface area contributed by atoms with Crippen LogP contribution >= 0.6 is 0 Å². The monoisotopic (exact) mass is 414 g/mol. The maximum absolute atomic E-state index is 12.4. The molecule has 158 valence electrons. The van der Waals surface area contributed by atoms with Crippen LogP contribution in [0.1, 0.15) is 41.5 Å². The number of hydrogen-bond donors (Lipinski definition) is 1. The first-order valence-electron chi connectivity index (χ1n) is 10.5. The molecule has 0 unspecified atom stereocenters. The van der Waals surface area contributed by atoms with Crippen molar-refractivity contribution in [2.75, 3.05) is 6.61 Å². The molecule has 1 amide bonds. The van der Waals surface area contributed by atoms with Crippen molar-refractivity contribution in [2.24, 2.45) is 0 Å². The van der Waals surface area contributed by atoms with Crippen LogP contribution in [0.5, 0.6) is 5.75 Å². The van der Waals surface area contributed by atoms with Crippen LogP contribution in [0.2, 0.25) is 0 Å². The number of fused-ring (bicyclic) bond motifs is 1. The first kappa shape index (κ1) is 20.6. The molecule has 6 heteroatoms. The molecule has 4 rings (SSSR count). The van der Waals surface area contributed by atoms with E-state index in [1.54, 1.807) is 24.5 Å². The number of nitrogens with one attached hydrogen (secondary N) is 1. The van der Waals surface area contributed by atoms with Gasteiger partial charge in [-0.05, 0) is 41.8 Å². The van der Waals surface area contributed by atoms with Crippen molar-refractivity contribution >= 4 is 16.9 Å². The van der Waals surface area contributed by atoms with Gasteiger partial charge in [0.05, 0.1) is 24.1 Å². The summed E-state index contributed by atoms with van der Waals surface area (Å²) in [5.74, 6) is 1.95. The zero-order valence-corrected chi connectivity index (χ0v) is 17.8. The summed E-state index contributed by atoms with van der Waals surface area (Å²) in [7, 11) is 0. The number of benzene rings is 2. The normalized spacial score (nSPS) is 11.1. The van der Waals surface area contributed by atoms with E-state index in [4.69, 9.17) is 9.72 Å². The van der Waals surface area contributed by atoms with E-state index in [0.717, 1.165) is 22.6 Å². The highest BCUT2D eigenvalue weighted by atomic mass is 16.5. The minimum absolute atomic E-state index is 0.150. The van der Waals surface area contributed by atoms with E-state index in [0.29, 0.717) is 31.2 Å². The Morgan fingerprint density at radius 2 is 1.77 bits per heavy atom. The number of aromatic nitrogens is 3. The maximum atomic E-state index is 12.4. The lowest BCUT2D eigenvalue weighted by molar-refractivity contribution is 0.0949. The number of amides is 1. The summed E-state index contributed by atoms with van der Waals surface area (Å²) in [6.07, 6.45) is 3.22. The van der Waals surface area contributed by atoms with Gasteiger partial charge in [0, 0.05) is 18.0 Å². The number of nitrogens with zero attached hydrogens (tertiary/aromatic N) is 3. The van der Waals surface area contributed by atoms with Crippen molar-refractivity contribution in [1.82, 2.24) is 19.9 Å². The average Bonchev–Trinajstić information content (AvgIpc) is 3.16. The number of hydrogen-bond acceptors (Lipinski definition) is 4. The third kappa shape index (κ3) is 4.74. The molecule has 2 heterocycles. The van der Waals surface area contributed by atoms with E-state index < -0.39 is 0 Å². The molecule has 0 bridgehead atoms. The van der Waals surface area contributed by atoms with Gasteiger partial charge in [-0.1, -0.05) is 44.2 Å². The molecule has 2 aromatic carbocycles. The van der Waals surface area contributed by atoms with Crippen molar-refractivity contribution in [1.29, 1.82) is 0 Å². The quantitative estimate of drug-likeness (QED) is 0.459. The smallest absolute Gasteiger partial charge is 0.251 e. The average molecular weight is 415 g/mol. The lowest BCUT2D eigenvalue weighted by Crippen LogP contribution is -2.25. The van der Waals surface area contributed by atoms with Crippen LogP contribution in [0.15, 0.2) is 73.1 Å². The molecule has 0 spiro atoms. The van der Waals surface area contributed by atoms with Crippen LogP contribution in [0.4, 0.5) is 0 Å². The lowest BCUT2D eigenvalue weighted by Gasteiger charge is -2.15. The molecule has 31 heavy (non-hydrogen) atoms. The molecule has 2 aromatic heterocycles. The van der Waals surface area contributed by atoms with Gasteiger partial charge in [0.2, 0.25) is 0 Å². The Bertz CT molecular complexity index is 1170. The van der Waals surface area contributed by atoms with E-state index in [9.17, 15) is 4.79 Å². The predicted octanol–water partition coefficient (Wildman–Crippen LogP) is 4.56. The fourth-order valence-electron chi connectivity index (χ4n) is 3.61. The van der Waals surface area contributed by atoms with E-state index in [-0.39, 0.29) is 5.91 Å². The van der Waals surface area contributed by atoms with E-state index in [1.807, 2.05) is 42.5 Å². The molecular formula is C25H26N4O2. The molecule has 0 saturated heterocycles. The summed E-state index contributed by atoms with van der Waals surface area (Å²) >= 11 is 0. The zero-order chi connectivity index (χ0) is 21.6. The van der Waals surface area contributed by atoms with Crippen LogP contribution in [-0.4, -0.2) is 27.0 Å². The number of carbonyl (C=O) groups excluding carboxylic acids is 1. The molecule has 0 saturated carbocycles. The third-order valence-electron chi connectivity index (χ3n) is 5.20. The van der Waals surface area contributed by atoms with Crippen LogP contribution in [-0.2, 0) is 13.1 Å². The molecule has 0 aliphatic heterocycles. The number of pyridine rings is 1. The maximum Gasteiger partial charge on any atom is 0.251 e. The molecule has 0 fully saturated rings. The highest BCUT2D eigenvalue weighted by Gasteiger charge is 2.13. The number of carbonyl (C=O) groups is 1. The Morgan fingerprint density at radius 1 is 1.03 bits per heavy atom. The van der Waals surface area contributed by atoms with Gasteiger partial charge >= 0.3 is 0 Å². The topological polar surface area (TPSA) is 69.0 Å². The van der Waals surface area contributed by atoms with Gasteiger partial charge in [0.1, 0.15) is 18.2 Å². The van der Waals surface area contributed by atoms with E-state index >= 15 is 0 Å². The summed E-state index contributed by atoms with van der Waals surface area (Å²) in [5, 5.41) is 2.96. The van der Waals surface area contributed by atoms with Crippen LogP contribution in [0.3, 0.4) is 0 Å². The van der Waals surface area contributed by atoms with Crippen molar-refractivity contribution < 1.29 is 9.53 Å². The van der Waals surface area contributed by atoms with Crippen molar-refractivity contribution in [3.8, 4) is 5.75 Å². The zero-order valence-electron chi connectivity index (χ0n) is 17.8. The van der Waals surface area contributed by atoms with Crippen LogP contribution in [0.25, 0.3) is 11.0 Å². The number of para-hydroxylation sites is 3. The summed E-state index contributed by atoms with van der Waals surface area (Å²) in [6.45, 7) is 5.80. The van der Waals surface area contributed by atoms with Gasteiger partial charge in [-0.2, -0.15) is 0 Å². The van der Waals surface area contributed by atoms with Crippen molar-refractivity contribution in [3.05, 3.63) is 90.0 Å². The second-order valence-electron chi connectivity index (χ2n) is 7.63. The van der Waals surface area contributed by atoms with Crippen LogP contribution in [0, 0.1) is 0 Å². The highest BCUT2D eigenvalue weighted by Crippen LogP contribution is 2.26. The predicted molar refractivity (Wildman–Crippen MR) is 121 cm³/mol. The molecule has 1 N–H and O–H groups in total. The fourth-order valence-corrected chi connectivity index (χ4v) is 3.61. The van der Waals surface area contributed by atoms with Gasteiger partial charge < -0.3 is 14.6 Å². The van der Waals surface area contributed by atoms with Crippen molar-refractivity contribution in [2.45, 2.75) is 32.9 Å². The van der Waals surface area contributed by atoms with Crippen molar-refractivity contribution in [3.63, 3.8) is 0 Å². The Hall–Kier alpha value is -3.67. The molecule has 6 nitrogen and oxygen atoms in total. The lowest BCUT2D eigenvalue weighted by atomic mass is 10.0. The largest absolute Gasteiger partial charge is 0.491 e. The molecule has 0 atom stereocenters. The fraction of sp³-hybridized carbons (Fsp3) is 0.240. The SMILES string of the molecule is CC(C)c1ccccc1OCCn1c(CNC(=O)c2ccncc2)nc2ccccc21. The standard InChI is InChI=1S/C25H26N4O2/c1-18(2)20-7-3-6-10-23(20)31-16-15-29-22-9-5-4-8-21(22)28-24(29)17-27-25(30)19-11-13-26-14-12-19/h3-14,18H,15-17H2,1-2H3,(H,27,30). The minimum Gasteiger partial charge on any atom is -0.491 e. The van der Waals surface area contributed by atoms with Gasteiger partial charge in [0.15, 0.2) is 0 Å². The molecular weight excluding hydrogens is 388 g/mol. The van der Waals surface area contributed by atoms with Gasteiger partial charge in [0.25, 0.3) is 5.91 Å². The third-order valence-corrected chi connectivity index (χ3v) is 5.20. The second-order valence-corrected chi connectivity index (χ2v) is 7.63. The van der Waals surface area contributed by atoms with Crippen LogP contribution < -0.4 is 10.1 Å². The van der Waals surface area contributed by atoms with Gasteiger partial charge in [-0.15, -0.1) is 0 Å². The molecule has 4 aromatic rings. The second kappa shape index (κ2) is 9.43. The Balaban J connectivity index is 1.50.